The summed E-state index contributed by atoms with van der Waals surface area (Å²) in [6.07, 6.45) is 5.33. The fourth-order valence-electron chi connectivity index (χ4n) is 10.9. The Balaban J connectivity index is 0.00000442. The number of nitrogens with two attached hydrogens (primary N) is 1. The smallest absolute Gasteiger partial charge is 0.415 e. The number of Topliss-reactive ketones (excluding diaryl/α,β-unsaturated/α-hetero) is 1. The van der Waals surface area contributed by atoms with E-state index in [-0.39, 0.29) is 158 Å². The van der Waals surface area contributed by atoms with Gasteiger partial charge in [-0.15, -0.1) is 11.6 Å². The lowest BCUT2D eigenvalue weighted by Crippen LogP contribution is -2.46. The number of pyridine rings is 1. The third-order valence-corrected chi connectivity index (χ3v) is 16.3. The van der Waals surface area contributed by atoms with Crippen LogP contribution in [0.25, 0.3) is 16.4 Å². The molecule has 8 N–H and O–H groups in total. The molecule has 1 saturated heterocycles. The maximum absolute atomic E-state index is 14.6. The second-order valence-corrected chi connectivity index (χ2v) is 24.6. The second kappa shape index (κ2) is 37.3. The lowest BCUT2D eigenvalue weighted by molar-refractivity contribution is -0.139. The molecule has 98 heavy (non-hydrogen) atoms. The van der Waals surface area contributed by atoms with Crippen LogP contribution in [0.5, 0.6) is 11.5 Å². The molecule has 2 aliphatic rings. The topological polar surface area (TPSA) is 362 Å². The number of likely N-dealkylation sites (tertiary alicyclic amines) is 1. The van der Waals surface area contributed by atoms with Crippen molar-refractivity contribution in [3.05, 3.63) is 125 Å². The number of carbonyl (C=O) groups is 10. The van der Waals surface area contributed by atoms with Crippen molar-refractivity contribution in [3.8, 4) is 11.5 Å². The molecule has 1 fully saturated rings. The molecule has 3 atom stereocenters. The van der Waals surface area contributed by atoms with Gasteiger partial charge < -0.3 is 80.0 Å². The summed E-state index contributed by atoms with van der Waals surface area (Å²) < 4.78 is 29.6. The number of alkyl halides is 1. The average Bonchev–Trinajstić information content (AvgIpc) is 1.54. The van der Waals surface area contributed by atoms with Crippen LogP contribution in [0.3, 0.4) is 0 Å². The number of imidazole rings is 1. The number of halogens is 1. The summed E-state index contributed by atoms with van der Waals surface area (Å²) >= 11 is 8.40. The van der Waals surface area contributed by atoms with Gasteiger partial charge >= 0.3 is 24.3 Å². The summed E-state index contributed by atoms with van der Waals surface area (Å²) in [7, 11) is 1.49. The lowest BCUT2D eigenvalue weighted by Gasteiger charge is -2.26. The van der Waals surface area contributed by atoms with E-state index in [0.717, 1.165) is 21.4 Å². The zero-order chi connectivity index (χ0) is 71.0. The minimum atomic E-state index is -1.03. The van der Waals surface area contributed by atoms with Gasteiger partial charge in [0.15, 0.2) is 5.78 Å². The number of aryl methyl sites for hydroxylation is 1. The van der Waals surface area contributed by atoms with Crippen LogP contribution in [0.15, 0.2) is 97.3 Å². The molecule has 0 unspecified atom stereocenters. The normalized spacial score (nSPS) is 13.9. The lowest BCUT2D eigenvalue weighted by atomic mass is 9.89. The summed E-state index contributed by atoms with van der Waals surface area (Å²) in [5, 5.41) is 31.1. The number of nitrogens with one attached hydrogen (secondary N) is 4. The number of thioether (sulfide) groups is 1. The number of aromatic nitrogens is 2. The highest BCUT2D eigenvalue weighted by molar-refractivity contribution is 7.97. The molecule has 6 aromatic rings. The number of aliphatic hydroxyl groups is 1. The minimum Gasteiger partial charge on any atom is -0.508 e. The number of urea groups is 1. The quantitative estimate of drug-likeness (QED) is 0.0121. The van der Waals surface area contributed by atoms with Crippen LogP contribution in [0, 0.1) is 18.8 Å². The average molecular weight is 1390 g/mol. The maximum Gasteiger partial charge on any atom is 0.415 e. The van der Waals surface area contributed by atoms with Gasteiger partial charge in [0.05, 0.1) is 57.0 Å². The number of alkyl carbamates (subject to hydrolysis) is 1. The number of fused-ring (bicyclic) bond motifs is 4. The van der Waals surface area contributed by atoms with Gasteiger partial charge in [-0.25, -0.2) is 24.2 Å². The molecule has 2 aliphatic heterocycles. The Hall–Kier alpha value is -9.55. The van der Waals surface area contributed by atoms with E-state index in [1.54, 1.807) is 89.8 Å². The number of amides is 10. The molecule has 0 bridgehead atoms. The first-order chi connectivity index (χ1) is 47.0. The Labute approximate surface area is 576 Å². The molecule has 0 radical (unpaired) electrons. The number of primary amides is 1. The summed E-state index contributed by atoms with van der Waals surface area (Å²) in [5.74, 6) is -3.66. The van der Waals surface area contributed by atoms with Crippen LogP contribution in [-0.2, 0) is 44.7 Å². The van der Waals surface area contributed by atoms with Crippen molar-refractivity contribution in [3.63, 3.8) is 0 Å². The number of hydrogen-bond acceptors (Lipinski definition) is 19. The van der Waals surface area contributed by atoms with E-state index in [4.69, 9.17) is 41.0 Å². The summed E-state index contributed by atoms with van der Waals surface area (Å²) in [6, 6.07) is 20.9. The number of aromatic hydroxyl groups is 1. The largest absolute Gasteiger partial charge is 0.508 e. The summed E-state index contributed by atoms with van der Waals surface area (Å²) in [5.41, 5.74) is 9.53. The first kappa shape index (κ1) is 75.8. The van der Waals surface area contributed by atoms with Gasteiger partial charge in [0.25, 0.3) is 11.8 Å². The Morgan fingerprint density at radius 3 is 2.21 bits per heavy atom. The Morgan fingerprint density at radius 2 is 1.53 bits per heavy atom. The van der Waals surface area contributed by atoms with Gasteiger partial charge in [0.1, 0.15) is 36.1 Å². The number of phenols is 1. The van der Waals surface area contributed by atoms with Crippen molar-refractivity contribution in [2.75, 3.05) is 120 Å². The predicted octanol–water partition coefficient (Wildman–Crippen LogP) is 7.67. The molecule has 28 nitrogen and oxygen atoms in total. The number of benzene rings is 4. The van der Waals surface area contributed by atoms with Crippen LogP contribution in [0.1, 0.15) is 89.4 Å². The second-order valence-electron chi connectivity index (χ2n) is 23.5. The van der Waals surface area contributed by atoms with Gasteiger partial charge in [0.2, 0.25) is 17.7 Å². The van der Waals surface area contributed by atoms with Crippen molar-refractivity contribution in [2.24, 2.45) is 17.6 Å². The van der Waals surface area contributed by atoms with Crippen LogP contribution < -0.4 is 36.6 Å². The predicted molar refractivity (Wildman–Crippen MR) is 368 cm³/mol. The highest BCUT2D eigenvalue weighted by atomic mass is 35.5. The number of rotatable bonds is 32. The van der Waals surface area contributed by atoms with Crippen molar-refractivity contribution in [2.45, 2.75) is 71.4 Å². The van der Waals surface area contributed by atoms with E-state index in [2.05, 4.69) is 26.3 Å². The van der Waals surface area contributed by atoms with E-state index >= 15 is 0 Å². The van der Waals surface area contributed by atoms with Crippen molar-refractivity contribution in [1.29, 1.82) is 0 Å². The van der Waals surface area contributed by atoms with Gasteiger partial charge in [-0.3, -0.25) is 33.7 Å². The number of anilines is 3. The molecule has 4 aromatic carbocycles. The third-order valence-electron chi connectivity index (χ3n) is 15.9. The molecule has 30 heteroatoms. The zero-order valence-electron chi connectivity index (χ0n) is 55.5. The monoisotopic (exact) mass is 1390 g/mol. The third kappa shape index (κ3) is 21.2. The number of ketones is 1. The van der Waals surface area contributed by atoms with E-state index < -0.39 is 65.7 Å². The van der Waals surface area contributed by atoms with E-state index in [9.17, 15) is 58.2 Å². The Morgan fingerprint density at radius 1 is 0.827 bits per heavy atom. The number of likely N-dealkylation sites (N-methyl/N-ethyl adjacent to an activating group) is 1. The van der Waals surface area contributed by atoms with E-state index in [0.29, 0.717) is 39.2 Å². The van der Waals surface area contributed by atoms with Crippen molar-refractivity contribution >= 4 is 116 Å². The maximum atomic E-state index is 14.6. The number of hydrogen-bond donors (Lipinski definition) is 7. The fourth-order valence-corrected chi connectivity index (χ4v) is 11.2. The molecule has 8 rings (SSSR count). The number of ether oxygens (including phenoxy) is 5. The van der Waals surface area contributed by atoms with Gasteiger partial charge in [-0.1, -0.05) is 44.2 Å². The number of carbonyl (C=O) groups excluding carboxylic acids is 10. The zero-order valence-corrected chi connectivity index (χ0v) is 57.1. The summed E-state index contributed by atoms with van der Waals surface area (Å²) in [6.45, 7) is 5.09. The molecule has 0 saturated carbocycles. The molecular weight excluding hydrogens is 1310 g/mol. The fraction of sp³-hybridized carbons (Fsp3) is 0.426. The summed E-state index contributed by atoms with van der Waals surface area (Å²) in [4.78, 5) is 141. The molecule has 2 aromatic heterocycles. The molecule has 0 aliphatic carbocycles. The minimum absolute atomic E-state index is 0.00375. The van der Waals surface area contributed by atoms with E-state index in [1.807, 2.05) is 37.6 Å². The van der Waals surface area contributed by atoms with Gasteiger partial charge in [-0.2, -0.15) is 11.8 Å². The number of phenolic OH excluding ortho intramolecular Hbond substituents is 1. The van der Waals surface area contributed by atoms with Crippen LogP contribution in [0.4, 0.5) is 36.2 Å². The number of aliphatic hydroxyl groups excluding tert-OH is 1. The van der Waals surface area contributed by atoms with Crippen molar-refractivity contribution in [1.82, 2.24) is 34.7 Å². The number of nitrogens with zero attached hydrogens (tertiary/aromatic N) is 6. The van der Waals surface area contributed by atoms with Crippen LogP contribution in [-0.4, -0.2) is 204 Å². The highest BCUT2D eigenvalue weighted by Crippen LogP contribution is 2.47. The first-order valence-corrected chi connectivity index (χ1v) is 34.0. The van der Waals surface area contributed by atoms with Crippen LogP contribution >= 0.6 is 23.4 Å². The molecule has 526 valence electrons. The molecule has 4 heterocycles. The molecule has 10 amide bonds. The molecule has 0 spiro atoms. The SMILES string of the molecule is CSC.Cc1cccc2c(OC(=O)N(CCOCCO)CCN(C)C(=O)OCc3ccc(NC(=O)[C@H](CCCNC(N)=O)CC(=O)[C@@H](NC(=O)OCCOCCN4C(=O)CCC4=O)C(C)C)cc3)cc3c(c12)[C@H](CCl)CN3C(=O)c1cn2cc(NC(=O)c3ccc(O)cc3)ccc2n1. The van der Waals surface area contributed by atoms with Gasteiger partial charge in [-0.05, 0) is 109 Å². The van der Waals surface area contributed by atoms with E-state index in [1.165, 1.54) is 41.1 Å². The first-order valence-electron chi connectivity index (χ1n) is 31.8. The number of imide groups is 1. The van der Waals surface area contributed by atoms with Crippen LogP contribution in [0.2, 0.25) is 0 Å². The highest BCUT2D eigenvalue weighted by Gasteiger charge is 2.38. The standard InChI is InChI=1S/C66H78ClN11O17.C2H6S/c1-40(2)59(73-64(88)93-32-31-92-29-26-77-55(82)20-21-56(77)83)52(81)33-44(8-6-22-69-63(68)87)61(85)70-46-14-10-42(11-15-46)39-94-65(89)74(4)23-24-75(25-28-91-30-27-79)66(90)95-53-34-51-58(57-41(3)7-5-9-49(53)57)45(35-67)36-78(51)62(86)50-38-76-37-47(16-19-54(76)72-50)71-60(84)43-12-17-48(80)18-13-43;1-3-2/h5,7,9-19,34,37-38,40,44-45,59,79-80H,6,8,20-33,35-36,39H2,1-4H3,(H,70,85)(H,71,84)(H,73,88)(H3,68,69,87);1-2H3/t44-,45-,59+;/m1./s1. The van der Waals surface area contributed by atoms with Gasteiger partial charge in [0, 0.05) is 112 Å². The Kier molecular flexibility index (Phi) is 28.8. The van der Waals surface area contributed by atoms with Crippen molar-refractivity contribution < 1.29 is 81.8 Å². The molecular formula is C68H84ClN11O17S. The Bertz CT molecular complexity index is 3790.